The zero-order chi connectivity index (χ0) is 18.5. The van der Waals surface area contributed by atoms with E-state index < -0.39 is 0 Å². The Kier molecular flexibility index (Phi) is 3.51. The van der Waals surface area contributed by atoms with Crippen molar-refractivity contribution in [1.29, 1.82) is 0 Å². The van der Waals surface area contributed by atoms with Crippen LogP contribution in [0.4, 0.5) is 0 Å². The fourth-order valence-corrected chi connectivity index (χ4v) is 3.75. The van der Waals surface area contributed by atoms with E-state index in [1.54, 1.807) is 23.1 Å². The number of fused-ring (bicyclic) bond motifs is 2. The molecule has 0 radical (unpaired) electrons. The SMILES string of the molecule is CN1CCn2c(cc(C3=CC(=O)CO3)c(-c3coc4ncccc34)c2=O)C1. The molecule has 0 N–H and O–H groups in total. The zero-order valence-electron chi connectivity index (χ0n) is 14.8. The topological polar surface area (TPSA) is 77.6 Å². The average molecular weight is 363 g/mol. The maximum Gasteiger partial charge on any atom is 0.259 e. The van der Waals surface area contributed by atoms with Crippen molar-refractivity contribution in [3.8, 4) is 11.1 Å². The summed E-state index contributed by atoms with van der Waals surface area (Å²) >= 11 is 0. The van der Waals surface area contributed by atoms with Gasteiger partial charge in [-0.2, -0.15) is 0 Å². The largest absolute Gasteiger partial charge is 0.485 e. The molecule has 0 amide bonds. The number of rotatable bonds is 2. The quantitative estimate of drug-likeness (QED) is 0.693. The third-order valence-electron chi connectivity index (χ3n) is 5.07. The van der Waals surface area contributed by atoms with Crippen LogP contribution >= 0.6 is 0 Å². The number of ketones is 1. The third kappa shape index (κ3) is 2.50. The molecular formula is C20H17N3O4. The monoisotopic (exact) mass is 363 g/mol. The highest BCUT2D eigenvalue weighted by atomic mass is 16.5. The summed E-state index contributed by atoms with van der Waals surface area (Å²) in [5.41, 5.74) is 3.04. The summed E-state index contributed by atoms with van der Waals surface area (Å²) in [6.45, 7) is 2.08. The summed E-state index contributed by atoms with van der Waals surface area (Å²) in [5, 5.41) is 0.759. The highest BCUT2D eigenvalue weighted by molar-refractivity contribution is 6.03. The van der Waals surface area contributed by atoms with Crippen LogP contribution in [0.25, 0.3) is 28.0 Å². The fourth-order valence-electron chi connectivity index (χ4n) is 3.75. The van der Waals surface area contributed by atoms with E-state index in [-0.39, 0.29) is 17.9 Å². The molecule has 0 aromatic carbocycles. The van der Waals surface area contributed by atoms with Gasteiger partial charge in [0.05, 0.1) is 5.56 Å². The molecule has 0 atom stereocenters. The lowest BCUT2D eigenvalue weighted by atomic mass is 9.98. The molecule has 27 heavy (non-hydrogen) atoms. The van der Waals surface area contributed by atoms with Gasteiger partial charge in [-0.05, 0) is 25.2 Å². The summed E-state index contributed by atoms with van der Waals surface area (Å²) in [4.78, 5) is 31.5. The van der Waals surface area contributed by atoms with Crippen LogP contribution in [0.3, 0.4) is 0 Å². The summed E-state index contributed by atoms with van der Waals surface area (Å²) in [6.07, 6.45) is 4.66. The molecule has 2 aliphatic rings. The molecule has 3 aromatic heterocycles. The number of carbonyl (C=O) groups is 1. The van der Waals surface area contributed by atoms with Gasteiger partial charge in [0.15, 0.2) is 12.4 Å². The van der Waals surface area contributed by atoms with Crippen molar-refractivity contribution in [2.24, 2.45) is 0 Å². The number of furan rings is 1. The molecule has 3 aromatic rings. The number of hydrogen-bond acceptors (Lipinski definition) is 6. The van der Waals surface area contributed by atoms with Gasteiger partial charge in [-0.15, -0.1) is 0 Å². The molecule has 5 rings (SSSR count). The van der Waals surface area contributed by atoms with E-state index in [9.17, 15) is 9.59 Å². The molecular weight excluding hydrogens is 346 g/mol. The standard InChI is InChI=1S/C20H17N3O4/c1-22-5-6-23-12(9-22)7-15(17-8-13(24)10-26-17)18(20(23)25)16-11-27-19-14(16)3-2-4-21-19/h2-4,7-8,11H,5-6,9-10H2,1H3. The average Bonchev–Trinajstić information content (AvgIpc) is 3.28. The second-order valence-corrected chi connectivity index (χ2v) is 6.89. The Balaban J connectivity index is 1.82. The first-order valence-corrected chi connectivity index (χ1v) is 8.77. The third-order valence-corrected chi connectivity index (χ3v) is 5.07. The number of hydrogen-bond donors (Lipinski definition) is 0. The van der Waals surface area contributed by atoms with E-state index in [1.807, 2.05) is 19.2 Å². The summed E-state index contributed by atoms with van der Waals surface area (Å²) < 4.78 is 12.9. The predicted molar refractivity (Wildman–Crippen MR) is 99.0 cm³/mol. The molecule has 2 aliphatic heterocycles. The van der Waals surface area contributed by atoms with Gasteiger partial charge < -0.3 is 13.7 Å². The molecule has 0 saturated carbocycles. The van der Waals surface area contributed by atoms with Gasteiger partial charge in [-0.25, -0.2) is 4.98 Å². The van der Waals surface area contributed by atoms with E-state index in [0.717, 1.165) is 17.6 Å². The van der Waals surface area contributed by atoms with E-state index in [4.69, 9.17) is 9.15 Å². The summed E-state index contributed by atoms with van der Waals surface area (Å²) in [7, 11) is 2.02. The predicted octanol–water partition coefficient (Wildman–Crippen LogP) is 2.04. The van der Waals surface area contributed by atoms with Gasteiger partial charge in [-0.1, -0.05) is 0 Å². The molecule has 0 saturated heterocycles. The van der Waals surface area contributed by atoms with Crippen molar-refractivity contribution < 1.29 is 13.9 Å². The molecule has 7 heteroatoms. The molecule has 5 heterocycles. The van der Waals surface area contributed by atoms with E-state index in [1.165, 1.54) is 6.08 Å². The van der Waals surface area contributed by atoms with E-state index in [0.29, 0.717) is 41.3 Å². The van der Waals surface area contributed by atoms with Crippen LogP contribution in [0, 0.1) is 0 Å². The first-order chi connectivity index (χ1) is 13.1. The molecule has 0 bridgehead atoms. The Morgan fingerprint density at radius 3 is 2.89 bits per heavy atom. The summed E-state index contributed by atoms with van der Waals surface area (Å²) in [6, 6.07) is 5.63. The van der Waals surface area contributed by atoms with Crippen LogP contribution in [-0.4, -0.2) is 40.4 Å². The van der Waals surface area contributed by atoms with Crippen molar-refractivity contribution in [3.05, 3.63) is 58.3 Å². The highest BCUT2D eigenvalue weighted by Gasteiger charge is 2.27. The maximum atomic E-state index is 13.4. The minimum Gasteiger partial charge on any atom is -0.485 e. The summed E-state index contributed by atoms with van der Waals surface area (Å²) in [5.74, 6) is 0.326. The maximum absolute atomic E-state index is 13.4. The van der Waals surface area contributed by atoms with Crippen LogP contribution in [0.5, 0.6) is 0 Å². The van der Waals surface area contributed by atoms with Crippen LogP contribution < -0.4 is 5.56 Å². The van der Waals surface area contributed by atoms with Gasteiger partial charge in [-0.3, -0.25) is 14.5 Å². The Morgan fingerprint density at radius 1 is 1.19 bits per heavy atom. The van der Waals surface area contributed by atoms with Gasteiger partial charge in [0, 0.05) is 54.1 Å². The Labute approximate surface area is 154 Å². The van der Waals surface area contributed by atoms with Crippen LogP contribution in [0.15, 0.2) is 45.9 Å². The number of likely N-dealkylation sites (N-methyl/N-ethyl adjacent to an activating group) is 1. The molecule has 0 spiro atoms. The minimum absolute atomic E-state index is 0.000778. The van der Waals surface area contributed by atoms with Crippen molar-refractivity contribution in [3.63, 3.8) is 0 Å². The highest BCUT2D eigenvalue weighted by Crippen LogP contribution is 2.35. The van der Waals surface area contributed by atoms with Crippen molar-refractivity contribution >= 4 is 22.6 Å². The molecule has 0 unspecified atom stereocenters. The first kappa shape index (κ1) is 16.0. The van der Waals surface area contributed by atoms with Gasteiger partial charge in [0.1, 0.15) is 12.0 Å². The van der Waals surface area contributed by atoms with Crippen LogP contribution in [0.1, 0.15) is 11.3 Å². The number of aromatic nitrogens is 2. The fraction of sp³-hybridized carbons (Fsp3) is 0.250. The zero-order valence-corrected chi connectivity index (χ0v) is 14.8. The normalized spacial score (nSPS) is 17.1. The Bertz CT molecular complexity index is 1170. The smallest absolute Gasteiger partial charge is 0.259 e. The molecule has 0 fully saturated rings. The van der Waals surface area contributed by atoms with Gasteiger partial charge in [0.25, 0.3) is 5.56 Å². The number of pyridine rings is 2. The first-order valence-electron chi connectivity index (χ1n) is 8.77. The van der Waals surface area contributed by atoms with Gasteiger partial charge in [0.2, 0.25) is 5.71 Å². The lowest BCUT2D eigenvalue weighted by Crippen LogP contribution is -2.38. The second-order valence-electron chi connectivity index (χ2n) is 6.89. The molecule has 136 valence electrons. The van der Waals surface area contributed by atoms with Crippen LogP contribution in [0.2, 0.25) is 0 Å². The van der Waals surface area contributed by atoms with E-state index >= 15 is 0 Å². The molecule has 7 nitrogen and oxygen atoms in total. The van der Waals surface area contributed by atoms with Crippen molar-refractivity contribution in [2.45, 2.75) is 13.1 Å². The van der Waals surface area contributed by atoms with Gasteiger partial charge >= 0.3 is 0 Å². The Hall–Kier alpha value is -3.19. The van der Waals surface area contributed by atoms with Crippen LogP contribution in [-0.2, 0) is 22.6 Å². The van der Waals surface area contributed by atoms with E-state index in [2.05, 4.69) is 9.88 Å². The number of ether oxygens (including phenoxy) is 1. The minimum atomic E-state index is -0.107. The second kappa shape index (κ2) is 5.92. The Morgan fingerprint density at radius 2 is 2.07 bits per heavy atom. The van der Waals surface area contributed by atoms with Crippen molar-refractivity contribution in [1.82, 2.24) is 14.5 Å². The van der Waals surface area contributed by atoms with Crippen molar-refractivity contribution in [2.75, 3.05) is 20.2 Å². The lowest BCUT2D eigenvalue weighted by Gasteiger charge is -2.28. The number of nitrogens with zero attached hydrogens (tertiary/aromatic N) is 3. The molecule has 0 aliphatic carbocycles. The number of carbonyl (C=O) groups excluding carboxylic acids is 1. The lowest BCUT2D eigenvalue weighted by molar-refractivity contribution is -0.115.